The molecule has 3 fully saturated rings. The normalized spacial score (nSPS) is 30.6. The van der Waals surface area contributed by atoms with E-state index in [1.807, 2.05) is 4.90 Å². The Hall–Kier alpha value is -1.92. The highest BCUT2D eigenvalue weighted by molar-refractivity contribution is 6.93. The van der Waals surface area contributed by atoms with E-state index >= 15 is 0 Å². The van der Waals surface area contributed by atoms with Crippen LogP contribution >= 0.6 is 0 Å². The highest BCUT2D eigenvalue weighted by Gasteiger charge is 2.52. The Morgan fingerprint density at radius 1 is 0.917 bits per heavy atom. The molecule has 4 aliphatic rings. The quantitative estimate of drug-likeness (QED) is 0.244. The Labute approximate surface area is 294 Å². The maximum Gasteiger partial charge on any atom is 0.414 e. The number of Topliss-reactive ketones (excluding diaryl/α,β-unsaturated/α-hetero) is 1. The lowest BCUT2D eigenvalue weighted by molar-refractivity contribution is -0.117. The molecule has 0 N–H and O–H groups in total. The predicted octanol–water partition coefficient (Wildman–Crippen LogP) is 10.9. The molecule has 2 aliphatic heterocycles. The van der Waals surface area contributed by atoms with Crippen LogP contribution in [0.1, 0.15) is 149 Å². The molecule has 2 heterocycles. The summed E-state index contributed by atoms with van der Waals surface area (Å²) >= 11 is 0. The van der Waals surface area contributed by atoms with Crippen LogP contribution in [-0.2, 0) is 9.53 Å². The van der Waals surface area contributed by atoms with Crippen molar-refractivity contribution in [1.29, 1.82) is 0 Å². The number of rotatable bonds is 9. The van der Waals surface area contributed by atoms with Crippen molar-refractivity contribution in [3.05, 3.63) is 46.8 Å². The van der Waals surface area contributed by atoms with Gasteiger partial charge in [-0.15, -0.1) is 0 Å². The van der Waals surface area contributed by atoms with Gasteiger partial charge in [0.05, 0.1) is 0 Å². The molecule has 268 valence electrons. The topological polar surface area (TPSA) is 49.9 Å². The molecule has 5 nitrogen and oxygen atoms in total. The van der Waals surface area contributed by atoms with Gasteiger partial charge in [-0.05, 0) is 122 Å². The minimum absolute atomic E-state index is 0.139. The molecule has 7 atom stereocenters. The van der Waals surface area contributed by atoms with E-state index in [1.165, 1.54) is 43.4 Å². The van der Waals surface area contributed by atoms with Gasteiger partial charge in [0, 0.05) is 30.6 Å². The first-order chi connectivity index (χ1) is 22.8. The lowest BCUT2D eigenvalue weighted by atomic mass is 9.66. The Bertz CT molecular complexity index is 1280. The van der Waals surface area contributed by atoms with Crippen molar-refractivity contribution in [2.45, 2.75) is 173 Å². The minimum atomic E-state index is -2.29. The van der Waals surface area contributed by atoms with E-state index in [2.05, 4.69) is 105 Å². The first kappa shape index (κ1) is 37.3. The fourth-order valence-electron chi connectivity index (χ4n) is 11.6. The van der Waals surface area contributed by atoms with Crippen molar-refractivity contribution in [2.75, 3.05) is 13.6 Å². The zero-order valence-electron chi connectivity index (χ0n) is 32.1. The van der Waals surface area contributed by atoms with Gasteiger partial charge in [-0.3, -0.25) is 9.69 Å². The molecule has 0 aromatic heterocycles. The maximum atomic E-state index is 14.8. The first-order valence-corrected chi connectivity index (χ1v) is 22.0. The van der Waals surface area contributed by atoms with Crippen LogP contribution in [0.5, 0.6) is 0 Å². The largest absolute Gasteiger partial charge is 0.445 e. The number of hydrogen-bond acceptors (Lipinski definition) is 4. The molecule has 2 aliphatic carbocycles. The van der Waals surface area contributed by atoms with Crippen LogP contribution in [0, 0.1) is 17.8 Å². The van der Waals surface area contributed by atoms with Gasteiger partial charge in [0.25, 0.3) is 0 Å². The van der Waals surface area contributed by atoms with Crippen molar-refractivity contribution in [3.63, 3.8) is 0 Å². The molecule has 0 radical (unpaired) electrons. The molecule has 2 saturated carbocycles. The highest BCUT2D eigenvalue weighted by Crippen LogP contribution is 2.50. The van der Waals surface area contributed by atoms with E-state index in [-0.39, 0.29) is 24.2 Å². The van der Waals surface area contributed by atoms with Gasteiger partial charge < -0.3 is 9.64 Å². The van der Waals surface area contributed by atoms with Gasteiger partial charge in [0.2, 0.25) is 0 Å². The first-order valence-electron chi connectivity index (χ1n) is 19.8. The minimum Gasteiger partial charge on any atom is -0.445 e. The van der Waals surface area contributed by atoms with Crippen LogP contribution < -0.4 is 0 Å². The number of fused-ring (bicyclic) bond motifs is 1. The van der Waals surface area contributed by atoms with Crippen LogP contribution in [0.15, 0.2) is 35.7 Å². The summed E-state index contributed by atoms with van der Waals surface area (Å²) in [5.74, 6) is 2.76. The van der Waals surface area contributed by atoms with Crippen LogP contribution in [-0.4, -0.2) is 61.5 Å². The standard InChI is InChI=1S/C42H68N2O3Si/c1-27(2)34-16-11-12-17-36(34)37-18-13-14-20-40(37)47-42(46)44-26-41(48(28(3)4,29(5)6)30(7)8)39(45)25-33(44)24-32-22-31(9)23-38-35(32)19-15-21-43(38)10/h11-12,16-17,26-33,35,37-38,40H,13-15,18-25H2,1-10H3/t31-,32+,33-,35-,37+,38-,40-/m1/s1. The highest BCUT2D eigenvalue weighted by atomic mass is 28.3. The van der Waals surface area contributed by atoms with E-state index < -0.39 is 8.07 Å². The molecule has 0 bridgehead atoms. The second-order valence-electron chi connectivity index (χ2n) is 17.7. The van der Waals surface area contributed by atoms with E-state index in [0.717, 1.165) is 37.3 Å². The van der Waals surface area contributed by atoms with Gasteiger partial charge in [-0.2, -0.15) is 0 Å². The molecule has 1 saturated heterocycles. The summed E-state index contributed by atoms with van der Waals surface area (Å²) in [6, 6.07) is 9.28. The zero-order valence-corrected chi connectivity index (χ0v) is 33.1. The molecular formula is C42H68N2O3Si. The fraction of sp³-hybridized carbons (Fsp3) is 0.762. The number of likely N-dealkylation sites (tertiary alicyclic amines) is 1. The number of carbonyl (C=O) groups excluding carboxylic acids is 2. The van der Waals surface area contributed by atoms with Gasteiger partial charge >= 0.3 is 6.09 Å². The number of hydrogen-bond donors (Lipinski definition) is 0. The second-order valence-corrected chi connectivity index (χ2v) is 23.5. The number of ether oxygens (including phenoxy) is 1. The molecule has 48 heavy (non-hydrogen) atoms. The second kappa shape index (κ2) is 15.5. The van der Waals surface area contributed by atoms with E-state index in [1.54, 1.807) is 0 Å². The molecule has 0 unspecified atom stereocenters. The number of piperidine rings is 1. The number of nitrogens with zero attached hydrogens (tertiary/aromatic N) is 2. The molecule has 1 aromatic carbocycles. The summed E-state index contributed by atoms with van der Waals surface area (Å²) in [5.41, 5.74) is 3.91. The lowest BCUT2D eigenvalue weighted by Gasteiger charge is -2.50. The summed E-state index contributed by atoms with van der Waals surface area (Å²) in [6.45, 7) is 22.0. The molecule has 6 heteroatoms. The lowest BCUT2D eigenvalue weighted by Crippen LogP contribution is -2.55. The van der Waals surface area contributed by atoms with Crippen LogP contribution in [0.3, 0.4) is 0 Å². The Morgan fingerprint density at radius 2 is 1.58 bits per heavy atom. The summed E-state index contributed by atoms with van der Waals surface area (Å²) in [6.07, 6.45) is 12.2. The van der Waals surface area contributed by atoms with E-state index in [9.17, 15) is 9.59 Å². The molecule has 1 amide bonds. The molecular weight excluding hydrogens is 609 g/mol. The van der Waals surface area contributed by atoms with Crippen molar-refractivity contribution in [2.24, 2.45) is 17.8 Å². The van der Waals surface area contributed by atoms with Crippen molar-refractivity contribution < 1.29 is 14.3 Å². The molecule has 5 rings (SSSR count). The zero-order chi connectivity index (χ0) is 34.9. The van der Waals surface area contributed by atoms with Crippen molar-refractivity contribution in [3.8, 4) is 0 Å². The van der Waals surface area contributed by atoms with Gasteiger partial charge in [0.1, 0.15) is 14.2 Å². The third-order valence-electron chi connectivity index (χ3n) is 13.5. The molecule has 0 spiro atoms. The summed E-state index contributed by atoms with van der Waals surface area (Å²) in [7, 11) is 0.0157. The fourth-order valence-corrected chi connectivity index (χ4v) is 18.4. The van der Waals surface area contributed by atoms with Gasteiger partial charge in [-0.1, -0.05) is 93.0 Å². The van der Waals surface area contributed by atoms with Crippen molar-refractivity contribution in [1.82, 2.24) is 9.80 Å². The average molecular weight is 677 g/mol. The summed E-state index contributed by atoms with van der Waals surface area (Å²) < 4.78 is 6.71. The Kier molecular flexibility index (Phi) is 12.1. The molecule has 1 aromatic rings. The smallest absolute Gasteiger partial charge is 0.414 e. The van der Waals surface area contributed by atoms with Crippen molar-refractivity contribution >= 4 is 20.0 Å². The van der Waals surface area contributed by atoms with Crippen LogP contribution in [0.2, 0.25) is 16.6 Å². The van der Waals surface area contributed by atoms with E-state index in [4.69, 9.17) is 4.74 Å². The van der Waals surface area contributed by atoms with Crippen LogP contribution in [0.4, 0.5) is 4.79 Å². The van der Waals surface area contributed by atoms with Crippen LogP contribution in [0.25, 0.3) is 0 Å². The average Bonchev–Trinajstić information content (AvgIpc) is 3.02. The Morgan fingerprint density at radius 3 is 2.25 bits per heavy atom. The predicted molar refractivity (Wildman–Crippen MR) is 202 cm³/mol. The van der Waals surface area contributed by atoms with Gasteiger partial charge in [-0.25, -0.2) is 4.79 Å². The number of ketones is 1. The monoisotopic (exact) mass is 676 g/mol. The summed E-state index contributed by atoms with van der Waals surface area (Å²) in [5, 5.41) is 0.980. The maximum absolute atomic E-state index is 14.8. The van der Waals surface area contributed by atoms with E-state index in [0.29, 0.717) is 58.5 Å². The number of benzene rings is 1. The third kappa shape index (κ3) is 7.27. The summed E-state index contributed by atoms with van der Waals surface area (Å²) in [4.78, 5) is 33.8. The number of allylic oxidation sites excluding steroid dienone is 1. The third-order valence-corrected chi connectivity index (χ3v) is 20.6. The number of amides is 1. The van der Waals surface area contributed by atoms with Gasteiger partial charge in [0.15, 0.2) is 5.78 Å². The number of carbonyl (C=O) groups is 2. The SMILES string of the molecule is CC(C)c1ccccc1[C@@H]1CCCC[C@H]1OC(=O)N1C=C([Si](C(C)C)(C(C)C)C(C)C)C(=O)C[C@H]1C[C@@H]1C[C@@H](C)C[C@@H]2[C@@H]1CCCN2C. The Balaban J connectivity index is 1.52.